The summed E-state index contributed by atoms with van der Waals surface area (Å²) in [6.07, 6.45) is 5.24. The summed E-state index contributed by atoms with van der Waals surface area (Å²) in [6.45, 7) is 2.48. The number of aryl methyl sites for hydroxylation is 1. The Kier molecular flexibility index (Phi) is 3.43. The first-order valence-electron chi connectivity index (χ1n) is 6.05. The lowest BCUT2D eigenvalue weighted by Gasteiger charge is -2.37. The summed E-state index contributed by atoms with van der Waals surface area (Å²) in [4.78, 5) is 16.0. The molecule has 3 N–H and O–H groups in total. The first kappa shape index (κ1) is 12.0. The number of nitrogens with one attached hydrogen (secondary N) is 1. The van der Waals surface area contributed by atoms with Crippen LogP contribution in [0.4, 0.5) is 0 Å². The average Bonchev–Trinajstić information content (AvgIpc) is 2.26. The molecule has 17 heavy (non-hydrogen) atoms. The van der Waals surface area contributed by atoms with Crippen molar-refractivity contribution >= 4 is 5.91 Å². The van der Waals surface area contributed by atoms with Crippen LogP contribution in [0.3, 0.4) is 0 Å². The Morgan fingerprint density at radius 3 is 2.94 bits per heavy atom. The zero-order chi connectivity index (χ0) is 12.3. The highest BCUT2D eigenvalue weighted by Gasteiger charge is 2.34. The minimum atomic E-state index is -0.247. The Morgan fingerprint density at radius 1 is 1.59 bits per heavy atom. The highest BCUT2D eigenvalue weighted by molar-refractivity contribution is 5.77. The number of amides is 1. The third kappa shape index (κ3) is 3.03. The van der Waals surface area contributed by atoms with Crippen molar-refractivity contribution in [1.82, 2.24) is 10.3 Å². The van der Waals surface area contributed by atoms with Crippen molar-refractivity contribution in [2.75, 3.05) is 0 Å². The number of carbonyl (C=O) groups is 1. The number of hydrogen-bond acceptors (Lipinski definition) is 3. The maximum Gasteiger partial charge on any atom is 0.222 e. The fraction of sp³-hybridized carbons (Fsp3) is 0.538. The van der Waals surface area contributed by atoms with E-state index in [-0.39, 0.29) is 11.4 Å². The molecule has 92 valence electrons. The molecule has 0 atom stereocenters. The van der Waals surface area contributed by atoms with E-state index in [1.54, 1.807) is 6.20 Å². The van der Waals surface area contributed by atoms with Crippen LogP contribution in [0.15, 0.2) is 18.3 Å². The monoisotopic (exact) mass is 233 g/mol. The molecule has 4 heteroatoms. The first-order chi connectivity index (χ1) is 8.09. The van der Waals surface area contributed by atoms with E-state index in [4.69, 9.17) is 5.73 Å². The van der Waals surface area contributed by atoms with Crippen molar-refractivity contribution in [3.05, 3.63) is 29.6 Å². The maximum absolute atomic E-state index is 11.7. The SMILES string of the molecule is Cc1cccnc1CNC(=O)CC1(N)CCC1. The summed E-state index contributed by atoms with van der Waals surface area (Å²) < 4.78 is 0. The number of nitrogens with zero attached hydrogens (tertiary/aromatic N) is 1. The van der Waals surface area contributed by atoms with Gasteiger partial charge < -0.3 is 11.1 Å². The van der Waals surface area contributed by atoms with Crippen molar-refractivity contribution in [1.29, 1.82) is 0 Å². The molecule has 0 bridgehead atoms. The molecule has 0 aromatic carbocycles. The van der Waals surface area contributed by atoms with E-state index in [0.29, 0.717) is 13.0 Å². The first-order valence-corrected chi connectivity index (χ1v) is 6.05. The third-order valence-corrected chi connectivity index (χ3v) is 3.43. The standard InChI is InChI=1S/C13H19N3O/c1-10-4-2-7-15-11(10)9-16-12(17)8-13(14)5-3-6-13/h2,4,7H,3,5-6,8-9,14H2,1H3,(H,16,17). The van der Waals surface area contributed by atoms with Gasteiger partial charge in [0.25, 0.3) is 0 Å². The van der Waals surface area contributed by atoms with Gasteiger partial charge in [0.15, 0.2) is 0 Å². The summed E-state index contributed by atoms with van der Waals surface area (Å²) in [5.74, 6) is 0.0252. The van der Waals surface area contributed by atoms with Crippen molar-refractivity contribution in [2.24, 2.45) is 5.73 Å². The molecular formula is C13H19N3O. The molecule has 1 heterocycles. The highest BCUT2D eigenvalue weighted by Crippen LogP contribution is 2.31. The third-order valence-electron chi connectivity index (χ3n) is 3.43. The average molecular weight is 233 g/mol. The Balaban J connectivity index is 1.82. The van der Waals surface area contributed by atoms with Crippen LogP contribution in [-0.2, 0) is 11.3 Å². The molecule has 1 aliphatic rings. The Hall–Kier alpha value is -1.42. The Labute approximate surface area is 102 Å². The molecule has 0 radical (unpaired) electrons. The molecular weight excluding hydrogens is 214 g/mol. The molecule has 0 aliphatic heterocycles. The largest absolute Gasteiger partial charge is 0.350 e. The molecule has 1 aromatic heterocycles. The second-order valence-electron chi connectivity index (χ2n) is 4.94. The van der Waals surface area contributed by atoms with Gasteiger partial charge in [0.1, 0.15) is 0 Å². The predicted octanol–water partition coefficient (Wildman–Crippen LogP) is 1.28. The normalized spacial score (nSPS) is 17.3. The van der Waals surface area contributed by atoms with E-state index in [9.17, 15) is 4.79 Å². The minimum Gasteiger partial charge on any atom is -0.350 e. The quantitative estimate of drug-likeness (QED) is 0.823. The van der Waals surface area contributed by atoms with Gasteiger partial charge >= 0.3 is 0 Å². The number of nitrogens with two attached hydrogens (primary N) is 1. The van der Waals surface area contributed by atoms with Crippen LogP contribution in [0, 0.1) is 6.92 Å². The molecule has 1 aliphatic carbocycles. The molecule has 1 aromatic rings. The van der Waals surface area contributed by atoms with Crippen LogP contribution in [0.1, 0.15) is 36.9 Å². The summed E-state index contributed by atoms with van der Waals surface area (Å²) in [5, 5.41) is 2.88. The van der Waals surface area contributed by atoms with Gasteiger partial charge in [-0.15, -0.1) is 0 Å². The number of aromatic nitrogens is 1. The molecule has 0 saturated heterocycles. The number of rotatable bonds is 4. The second-order valence-corrected chi connectivity index (χ2v) is 4.94. The predicted molar refractivity (Wildman–Crippen MR) is 66.2 cm³/mol. The van der Waals surface area contributed by atoms with Gasteiger partial charge in [-0.3, -0.25) is 9.78 Å². The Bertz CT molecular complexity index is 413. The number of pyridine rings is 1. The van der Waals surface area contributed by atoms with E-state index >= 15 is 0 Å². The van der Waals surface area contributed by atoms with Crippen LogP contribution in [-0.4, -0.2) is 16.4 Å². The van der Waals surface area contributed by atoms with Crippen molar-refractivity contribution in [3.63, 3.8) is 0 Å². The maximum atomic E-state index is 11.7. The van der Waals surface area contributed by atoms with Crippen LogP contribution in [0.5, 0.6) is 0 Å². The summed E-state index contributed by atoms with van der Waals surface area (Å²) in [5.41, 5.74) is 7.79. The topological polar surface area (TPSA) is 68.0 Å². The lowest BCUT2D eigenvalue weighted by atomic mass is 9.75. The van der Waals surface area contributed by atoms with E-state index in [1.165, 1.54) is 0 Å². The van der Waals surface area contributed by atoms with Gasteiger partial charge in [-0.05, 0) is 37.8 Å². The zero-order valence-electron chi connectivity index (χ0n) is 10.2. The number of hydrogen-bond donors (Lipinski definition) is 2. The van der Waals surface area contributed by atoms with E-state index in [0.717, 1.165) is 30.5 Å². The van der Waals surface area contributed by atoms with Gasteiger partial charge in [0.2, 0.25) is 5.91 Å². The lowest BCUT2D eigenvalue weighted by molar-refractivity contribution is -0.123. The molecule has 0 unspecified atom stereocenters. The fourth-order valence-corrected chi connectivity index (χ4v) is 2.08. The van der Waals surface area contributed by atoms with E-state index < -0.39 is 0 Å². The smallest absolute Gasteiger partial charge is 0.222 e. The second kappa shape index (κ2) is 4.84. The van der Waals surface area contributed by atoms with Crippen LogP contribution in [0.2, 0.25) is 0 Å². The Morgan fingerprint density at radius 2 is 2.35 bits per heavy atom. The molecule has 1 saturated carbocycles. The van der Waals surface area contributed by atoms with E-state index in [1.807, 2.05) is 19.1 Å². The molecule has 2 rings (SSSR count). The number of carbonyl (C=O) groups excluding carboxylic acids is 1. The molecule has 1 amide bonds. The van der Waals surface area contributed by atoms with Crippen molar-refractivity contribution in [2.45, 2.75) is 44.7 Å². The molecule has 1 fully saturated rings. The van der Waals surface area contributed by atoms with Crippen LogP contribution < -0.4 is 11.1 Å². The lowest BCUT2D eigenvalue weighted by Crippen LogP contribution is -2.49. The van der Waals surface area contributed by atoms with Gasteiger partial charge in [-0.2, -0.15) is 0 Å². The van der Waals surface area contributed by atoms with Gasteiger partial charge in [0.05, 0.1) is 12.2 Å². The summed E-state index contributed by atoms with van der Waals surface area (Å²) >= 11 is 0. The van der Waals surface area contributed by atoms with Crippen LogP contribution in [0.25, 0.3) is 0 Å². The minimum absolute atomic E-state index is 0.0252. The van der Waals surface area contributed by atoms with Crippen LogP contribution >= 0.6 is 0 Å². The van der Waals surface area contributed by atoms with Gasteiger partial charge in [-0.25, -0.2) is 0 Å². The fourth-order valence-electron chi connectivity index (χ4n) is 2.08. The van der Waals surface area contributed by atoms with Crippen molar-refractivity contribution < 1.29 is 4.79 Å². The van der Waals surface area contributed by atoms with Gasteiger partial charge in [-0.1, -0.05) is 6.07 Å². The van der Waals surface area contributed by atoms with E-state index in [2.05, 4.69) is 10.3 Å². The van der Waals surface area contributed by atoms with Gasteiger partial charge in [0, 0.05) is 18.2 Å². The summed E-state index contributed by atoms with van der Waals surface area (Å²) in [6, 6.07) is 3.88. The van der Waals surface area contributed by atoms with Crippen molar-refractivity contribution in [3.8, 4) is 0 Å². The summed E-state index contributed by atoms with van der Waals surface area (Å²) in [7, 11) is 0. The molecule has 0 spiro atoms. The zero-order valence-corrected chi connectivity index (χ0v) is 10.2. The highest BCUT2D eigenvalue weighted by atomic mass is 16.1. The molecule has 4 nitrogen and oxygen atoms in total.